The number of aryl methyl sites for hydroxylation is 2. The molecule has 5 nitrogen and oxygen atoms in total. The maximum Gasteiger partial charge on any atom is 0.260 e. The minimum Gasteiger partial charge on any atom is -0.289 e. The van der Waals surface area contributed by atoms with Crippen molar-refractivity contribution in [2.45, 2.75) is 20.4 Å². The van der Waals surface area contributed by atoms with Gasteiger partial charge >= 0.3 is 0 Å². The van der Waals surface area contributed by atoms with Crippen LogP contribution in [-0.4, -0.2) is 21.7 Å². The summed E-state index contributed by atoms with van der Waals surface area (Å²) in [5.74, 6) is -0.255. The largest absolute Gasteiger partial charge is 0.289 e. The van der Waals surface area contributed by atoms with Crippen molar-refractivity contribution in [3.05, 3.63) is 125 Å². The number of fused-ring (bicyclic) bond motifs is 1. The SMILES string of the molecule is Cc1cc(C)c2sc(N(Cc3cccnc3)C(=O)c3ccc(C(=O)c4ccccc4)cc3)nc2c1. The Bertz CT molecular complexity index is 1510. The lowest BCUT2D eigenvalue weighted by atomic mass is 10.0. The van der Waals surface area contributed by atoms with Crippen LogP contribution in [0, 0.1) is 13.8 Å². The predicted octanol–water partition coefficient (Wildman–Crippen LogP) is 6.39. The Kier molecular flexibility index (Phi) is 6.21. The third-order valence-corrected chi connectivity index (χ3v) is 7.01. The van der Waals surface area contributed by atoms with Crippen LogP contribution in [0.5, 0.6) is 0 Å². The zero-order valence-corrected chi connectivity index (χ0v) is 20.3. The number of carbonyl (C=O) groups is 2. The number of carbonyl (C=O) groups excluding carboxylic acids is 2. The second-order valence-electron chi connectivity index (χ2n) is 8.45. The highest BCUT2D eigenvalue weighted by Crippen LogP contribution is 2.33. The second-order valence-corrected chi connectivity index (χ2v) is 9.43. The summed E-state index contributed by atoms with van der Waals surface area (Å²) in [7, 11) is 0. The summed E-state index contributed by atoms with van der Waals surface area (Å²) in [6, 6.07) is 23.9. The number of hydrogen-bond acceptors (Lipinski definition) is 5. The lowest BCUT2D eigenvalue weighted by molar-refractivity contribution is 0.0982. The molecule has 3 aromatic carbocycles. The van der Waals surface area contributed by atoms with Crippen molar-refractivity contribution >= 4 is 38.4 Å². The Hall–Kier alpha value is -4.16. The number of thiazole rings is 1. The van der Waals surface area contributed by atoms with Gasteiger partial charge in [-0.15, -0.1) is 0 Å². The topological polar surface area (TPSA) is 63.2 Å². The van der Waals surface area contributed by atoms with Crippen LogP contribution in [0.25, 0.3) is 10.2 Å². The average molecular weight is 478 g/mol. The summed E-state index contributed by atoms with van der Waals surface area (Å²) in [6.45, 7) is 4.45. The fourth-order valence-electron chi connectivity index (χ4n) is 4.06. The number of rotatable bonds is 6. The van der Waals surface area contributed by atoms with Crippen LogP contribution in [-0.2, 0) is 6.54 Å². The quantitative estimate of drug-likeness (QED) is 0.266. The molecule has 5 aromatic rings. The van der Waals surface area contributed by atoms with Gasteiger partial charge in [-0.1, -0.05) is 65.9 Å². The van der Waals surface area contributed by atoms with Crippen molar-refractivity contribution in [1.82, 2.24) is 9.97 Å². The molecule has 0 radical (unpaired) electrons. The number of anilines is 1. The van der Waals surface area contributed by atoms with E-state index in [0.29, 0.717) is 28.4 Å². The minimum atomic E-state index is -0.180. The molecule has 0 aliphatic rings. The van der Waals surface area contributed by atoms with E-state index in [0.717, 1.165) is 26.9 Å². The highest BCUT2D eigenvalue weighted by atomic mass is 32.1. The van der Waals surface area contributed by atoms with E-state index in [1.54, 1.807) is 53.7 Å². The van der Waals surface area contributed by atoms with Crippen molar-refractivity contribution in [3.8, 4) is 0 Å². The summed E-state index contributed by atoms with van der Waals surface area (Å²) in [5, 5.41) is 0.631. The highest BCUT2D eigenvalue weighted by Gasteiger charge is 2.23. The molecule has 0 atom stereocenters. The summed E-state index contributed by atoms with van der Waals surface area (Å²) in [4.78, 5) is 37.2. The van der Waals surface area contributed by atoms with Crippen LogP contribution in [0.4, 0.5) is 5.13 Å². The van der Waals surface area contributed by atoms with Gasteiger partial charge in [0.15, 0.2) is 10.9 Å². The average Bonchev–Trinajstić information content (AvgIpc) is 3.32. The molecule has 6 heteroatoms. The molecule has 0 unspecified atom stereocenters. The second kappa shape index (κ2) is 9.60. The van der Waals surface area contributed by atoms with E-state index >= 15 is 0 Å². The van der Waals surface area contributed by atoms with Crippen molar-refractivity contribution in [3.63, 3.8) is 0 Å². The van der Waals surface area contributed by atoms with Gasteiger partial charge in [-0.25, -0.2) is 4.98 Å². The number of amides is 1. The molecule has 2 heterocycles. The van der Waals surface area contributed by atoms with Gasteiger partial charge in [-0.05, 0) is 54.8 Å². The van der Waals surface area contributed by atoms with Crippen molar-refractivity contribution in [2.24, 2.45) is 0 Å². The first-order valence-corrected chi connectivity index (χ1v) is 12.1. The maximum absolute atomic E-state index is 13.7. The molecule has 0 N–H and O–H groups in total. The third-order valence-electron chi connectivity index (χ3n) is 5.78. The molecule has 0 saturated heterocycles. The molecule has 0 aliphatic heterocycles. The van der Waals surface area contributed by atoms with Crippen LogP contribution in [0.3, 0.4) is 0 Å². The van der Waals surface area contributed by atoms with Crippen molar-refractivity contribution < 1.29 is 9.59 Å². The molecular formula is C29H23N3O2S. The summed E-state index contributed by atoms with van der Waals surface area (Å²) in [5.41, 5.74) is 5.71. The van der Waals surface area contributed by atoms with Gasteiger partial charge in [0, 0.05) is 29.1 Å². The number of ketones is 1. The van der Waals surface area contributed by atoms with Crippen LogP contribution >= 0.6 is 11.3 Å². The van der Waals surface area contributed by atoms with E-state index in [1.807, 2.05) is 43.3 Å². The molecule has 0 spiro atoms. The number of nitrogens with zero attached hydrogens (tertiary/aromatic N) is 3. The summed E-state index contributed by atoms with van der Waals surface area (Å²) < 4.78 is 1.07. The van der Waals surface area contributed by atoms with Gasteiger partial charge in [0.05, 0.1) is 16.8 Å². The summed E-state index contributed by atoms with van der Waals surface area (Å²) in [6.07, 6.45) is 3.46. The van der Waals surface area contributed by atoms with E-state index in [2.05, 4.69) is 18.0 Å². The molecule has 172 valence electrons. The predicted molar refractivity (Wildman–Crippen MR) is 140 cm³/mol. The Morgan fingerprint density at radius 1 is 0.857 bits per heavy atom. The molecule has 5 rings (SSSR count). The Morgan fingerprint density at radius 3 is 2.29 bits per heavy atom. The Labute approximate surface area is 207 Å². The zero-order valence-electron chi connectivity index (χ0n) is 19.4. The smallest absolute Gasteiger partial charge is 0.260 e. The fraction of sp³-hybridized carbons (Fsp3) is 0.103. The van der Waals surface area contributed by atoms with Gasteiger partial charge in [0.1, 0.15) is 0 Å². The summed E-state index contributed by atoms with van der Waals surface area (Å²) >= 11 is 1.51. The fourth-order valence-corrected chi connectivity index (χ4v) is 5.07. The van der Waals surface area contributed by atoms with Gasteiger partial charge in [0.25, 0.3) is 5.91 Å². The lowest BCUT2D eigenvalue weighted by Gasteiger charge is -2.20. The Balaban J connectivity index is 1.50. The van der Waals surface area contributed by atoms with Gasteiger partial charge in [0.2, 0.25) is 0 Å². The standard InChI is InChI=1S/C29H23N3O2S/c1-19-15-20(2)27-25(16-19)31-29(35-27)32(18-21-7-6-14-30-17-21)28(34)24-12-10-23(11-13-24)26(33)22-8-4-3-5-9-22/h3-17H,18H2,1-2H3. The molecule has 0 fully saturated rings. The molecular weight excluding hydrogens is 454 g/mol. The van der Waals surface area contributed by atoms with Crippen LogP contribution in [0.15, 0.2) is 91.3 Å². The van der Waals surface area contributed by atoms with Crippen molar-refractivity contribution in [2.75, 3.05) is 4.90 Å². The van der Waals surface area contributed by atoms with E-state index in [1.165, 1.54) is 11.3 Å². The molecule has 0 bridgehead atoms. The molecule has 2 aromatic heterocycles. The minimum absolute atomic E-state index is 0.0752. The normalized spacial score (nSPS) is 10.9. The van der Waals surface area contributed by atoms with E-state index in [9.17, 15) is 9.59 Å². The van der Waals surface area contributed by atoms with Gasteiger partial charge < -0.3 is 0 Å². The van der Waals surface area contributed by atoms with Crippen LogP contribution in [0.2, 0.25) is 0 Å². The third kappa shape index (κ3) is 4.74. The van der Waals surface area contributed by atoms with Crippen molar-refractivity contribution in [1.29, 1.82) is 0 Å². The Morgan fingerprint density at radius 2 is 1.57 bits per heavy atom. The van der Waals surface area contributed by atoms with Crippen LogP contribution in [0.1, 0.15) is 43.0 Å². The van der Waals surface area contributed by atoms with Crippen LogP contribution < -0.4 is 4.90 Å². The molecule has 0 saturated carbocycles. The van der Waals surface area contributed by atoms with Gasteiger partial charge in [-0.2, -0.15) is 0 Å². The van der Waals surface area contributed by atoms with E-state index < -0.39 is 0 Å². The zero-order chi connectivity index (χ0) is 24.4. The van der Waals surface area contributed by atoms with Gasteiger partial charge in [-0.3, -0.25) is 19.5 Å². The molecule has 35 heavy (non-hydrogen) atoms. The first kappa shape index (κ1) is 22.6. The monoisotopic (exact) mass is 477 g/mol. The molecule has 1 amide bonds. The number of pyridine rings is 1. The lowest BCUT2D eigenvalue weighted by Crippen LogP contribution is -2.30. The molecule has 0 aliphatic carbocycles. The first-order valence-electron chi connectivity index (χ1n) is 11.3. The number of aromatic nitrogens is 2. The van der Waals surface area contributed by atoms with E-state index in [-0.39, 0.29) is 11.7 Å². The number of hydrogen-bond donors (Lipinski definition) is 0. The highest BCUT2D eigenvalue weighted by molar-refractivity contribution is 7.22. The van der Waals surface area contributed by atoms with E-state index in [4.69, 9.17) is 4.98 Å². The first-order chi connectivity index (χ1) is 17.0. The number of benzene rings is 3. The maximum atomic E-state index is 13.7.